The number of ether oxygens (including phenoxy) is 1. The van der Waals surface area contributed by atoms with Gasteiger partial charge in [0.2, 0.25) is 0 Å². The third kappa shape index (κ3) is 3.18. The molecule has 2 heterocycles. The first-order valence-electron chi connectivity index (χ1n) is 5.22. The summed E-state index contributed by atoms with van der Waals surface area (Å²) in [7, 11) is 0. The third-order valence-corrected chi connectivity index (χ3v) is 3.30. The molecule has 0 aromatic carbocycles. The largest absolute Gasteiger partial charge is 0.481 e. The minimum absolute atomic E-state index is 0.00921. The molecule has 2 rings (SSSR count). The van der Waals surface area contributed by atoms with Crippen LogP contribution in [0.4, 0.5) is 5.13 Å². The Balaban J connectivity index is 1.80. The number of thiazole rings is 1. The Hall–Kier alpha value is -1.14. The molecule has 88 valence electrons. The number of rotatable bonds is 5. The maximum absolute atomic E-state index is 10.5. The van der Waals surface area contributed by atoms with Crippen LogP contribution in [0.3, 0.4) is 0 Å². The summed E-state index contributed by atoms with van der Waals surface area (Å²) in [5.41, 5.74) is 0.614. The molecule has 0 spiro atoms. The quantitative estimate of drug-likeness (QED) is 0.812. The molecule has 6 heteroatoms. The van der Waals surface area contributed by atoms with Gasteiger partial charge in [-0.2, -0.15) is 0 Å². The molecular formula is C10H14N2O3S. The maximum Gasteiger partial charge on any atom is 0.309 e. The predicted molar refractivity (Wildman–Crippen MR) is 60.9 cm³/mol. The van der Waals surface area contributed by atoms with Crippen molar-refractivity contribution in [2.75, 3.05) is 25.1 Å². The Bertz CT molecular complexity index is 361. The van der Waals surface area contributed by atoms with Gasteiger partial charge in [0.15, 0.2) is 5.13 Å². The van der Waals surface area contributed by atoms with Crippen LogP contribution in [0, 0.1) is 5.92 Å². The predicted octanol–water partition coefficient (Wildman–Crippen LogP) is 1.22. The number of hydrogen-bond acceptors (Lipinski definition) is 5. The van der Waals surface area contributed by atoms with Crippen molar-refractivity contribution in [1.29, 1.82) is 0 Å². The van der Waals surface area contributed by atoms with Crippen LogP contribution in [0.5, 0.6) is 0 Å². The topological polar surface area (TPSA) is 71.5 Å². The number of hydrogen-bond donors (Lipinski definition) is 2. The summed E-state index contributed by atoms with van der Waals surface area (Å²) in [5, 5.41) is 14.4. The molecule has 0 aliphatic carbocycles. The summed E-state index contributed by atoms with van der Waals surface area (Å²) in [6, 6.07) is 0. The number of aromatic nitrogens is 1. The fourth-order valence-electron chi connectivity index (χ4n) is 1.60. The van der Waals surface area contributed by atoms with Crippen LogP contribution in [0.15, 0.2) is 5.38 Å². The van der Waals surface area contributed by atoms with Crippen LogP contribution in [0.1, 0.15) is 12.1 Å². The molecule has 1 saturated heterocycles. The zero-order chi connectivity index (χ0) is 11.4. The molecular weight excluding hydrogens is 228 g/mol. The van der Waals surface area contributed by atoms with Gasteiger partial charge in [-0.1, -0.05) is 0 Å². The van der Waals surface area contributed by atoms with Gasteiger partial charge >= 0.3 is 5.97 Å². The standard InChI is InChI=1S/C10H14N2O3S/c13-9(14)3-8-6-16-10(12-8)11-4-7-1-2-15-5-7/h6-7H,1-5H2,(H,11,12)(H,13,14). The van der Waals surface area contributed by atoms with E-state index in [-0.39, 0.29) is 6.42 Å². The van der Waals surface area contributed by atoms with E-state index in [9.17, 15) is 4.79 Å². The van der Waals surface area contributed by atoms with E-state index in [1.807, 2.05) is 0 Å². The van der Waals surface area contributed by atoms with E-state index >= 15 is 0 Å². The van der Waals surface area contributed by atoms with Gasteiger partial charge in [-0.25, -0.2) is 4.98 Å². The van der Waals surface area contributed by atoms with E-state index in [2.05, 4.69) is 10.3 Å². The van der Waals surface area contributed by atoms with E-state index in [4.69, 9.17) is 9.84 Å². The lowest BCUT2D eigenvalue weighted by atomic mass is 10.1. The smallest absolute Gasteiger partial charge is 0.309 e. The highest BCUT2D eigenvalue weighted by atomic mass is 32.1. The lowest BCUT2D eigenvalue weighted by molar-refractivity contribution is -0.136. The van der Waals surface area contributed by atoms with Crippen LogP contribution in [-0.4, -0.2) is 35.8 Å². The lowest BCUT2D eigenvalue weighted by Crippen LogP contribution is -2.14. The second-order valence-electron chi connectivity index (χ2n) is 3.83. The van der Waals surface area contributed by atoms with Crippen molar-refractivity contribution in [3.8, 4) is 0 Å². The highest BCUT2D eigenvalue weighted by Crippen LogP contribution is 2.18. The summed E-state index contributed by atoms with van der Waals surface area (Å²) in [6.45, 7) is 2.49. The second-order valence-corrected chi connectivity index (χ2v) is 4.68. The molecule has 2 N–H and O–H groups in total. The number of anilines is 1. The van der Waals surface area contributed by atoms with E-state index in [1.165, 1.54) is 11.3 Å². The van der Waals surface area contributed by atoms with Crippen LogP contribution >= 0.6 is 11.3 Å². The summed E-state index contributed by atoms with van der Waals surface area (Å²) in [6.07, 6.45) is 1.07. The summed E-state index contributed by atoms with van der Waals surface area (Å²) in [5.74, 6) is -0.298. The zero-order valence-corrected chi connectivity index (χ0v) is 9.63. The molecule has 1 atom stereocenters. The molecule has 1 aromatic rings. The van der Waals surface area contributed by atoms with Gasteiger partial charge in [0.25, 0.3) is 0 Å². The van der Waals surface area contributed by atoms with Gasteiger partial charge in [-0.05, 0) is 6.42 Å². The molecule has 1 fully saturated rings. The molecule has 0 amide bonds. The van der Waals surface area contributed by atoms with E-state index in [1.54, 1.807) is 5.38 Å². The van der Waals surface area contributed by atoms with Gasteiger partial charge in [-0.3, -0.25) is 4.79 Å². The van der Waals surface area contributed by atoms with Gasteiger partial charge in [0, 0.05) is 24.4 Å². The van der Waals surface area contributed by atoms with Crippen molar-refractivity contribution in [2.24, 2.45) is 5.92 Å². The number of carboxylic acids is 1. The summed E-state index contributed by atoms with van der Waals surface area (Å²) < 4.78 is 5.27. The Labute approximate surface area is 97.5 Å². The van der Waals surface area contributed by atoms with Crippen molar-refractivity contribution in [2.45, 2.75) is 12.8 Å². The summed E-state index contributed by atoms with van der Waals surface area (Å²) >= 11 is 1.45. The van der Waals surface area contributed by atoms with Crippen LogP contribution in [0.2, 0.25) is 0 Å². The van der Waals surface area contributed by atoms with Crippen molar-refractivity contribution >= 4 is 22.4 Å². The molecule has 16 heavy (non-hydrogen) atoms. The number of aliphatic carboxylic acids is 1. The average molecular weight is 242 g/mol. The van der Waals surface area contributed by atoms with Crippen molar-refractivity contribution in [3.63, 3.8) is 0 Å². The summed E-state index contributed by atoms with van der Waals surface area (Å²) in [4.78, 5) is 14.7. The van der Waals surface area contributed by atoms with E-state index < -0.39 is 5.97 Å². The minimum atomic E-state index is -0.846. The van der Waals surface area contributed by atoms with Crippen LogP contribution < -0.4 is 5.32 Å². The highest BCUT2D eigenvalue weighted by Gasteiger charge is 2.15. The monoisotopic (exact) mass is 242 g/mol. The van der Waals surface area contributed by atoms with Crippen molar-refractivity contribution in [3.05, 3.63) is 11.1 Å². The molecule has 5 nitrogen and oxygen atoms in total. The fraction of sp³-hybridized carbons (Fsp3) is 0.600. The molecule has 1 aromatic heterocycles. The molecule has 0 saturated carbocycles. The average Bonchev–Trinajstić information content (AvgIpc) is 2.84. The van der Waals surface area contributed by atoms with Crippen molar-refractivity contribution < 1.29 is 14.6 Å². The normalized spacial score (nSPS) is 19.9. The third-order valence-electron chi connectivity index (χ3n) is 2.45. The molecule has 1 unspecified atom stereocenters. The van der Waals surface area contributed by atoms with Crippen LogP contribution in [0.25, 0.3) is 0 Å². The van der Waals surface area contributed by atoms with Gasteiger partial charge in [-0.15, -0.1) is 11.3 Å². The Kier molecular flexibility index (Phi) is 3.74. The first-order valence-corrected chi connectivity index (χ1v) is 6.10. The molecule has 0 radical (unpaired) electrons. The molecule has 1 aliphatic rings. The maximum atomic E-state index is 10.5. The molecule has 0 bridgehead atoms. The highest BCUT2D eigenvalue weighted by molar-refractivity contribution is 7.13. The van der Waals surface area contributed by atoms with E-state index in [0.29, 0.717) is 11.6 Å². The first-order chi connectivity index (χ1) is 7.74. The Morgan fingerprint density at radius 1 is 1.75 bits per heavy atom. The van der Waals surface area contributed by atoms with Crippen molar-refractivity contribution in [1.82, 2.24) is 4.98 Å². The Morgan fingerprint density at radius 3 is 3.31 bits per heavy atom. The van der Waals surface area contributed by atoms with Crippen LogP contribution in [-0.2, 0) is 16.0 Å². The number of carboxylic acid groups (broad SMARTS) is 1. The number of nitrogens with zero attached hydrogens (tertiary/aromatic N) is 1. The van der Waals surface area contributed by atoms with E-state index in [0.717, 1.165) is 31.3 Å². The number of nitrogens with one attached hydrogen (secondary N) is 1. The first kappa shape index (κ1) is 11.3. The molecule has 1 aliphatic heterocycles. The number of carbonyl (C=O) groups is 1. The second kappa shape index (κ2) is 5.27. The van der Waals surface area contributed by atoms with Gasteiger partial charge in [0.1, 0.15) is 0 Å². The zero-order valence-electron chi connectivity index (χ0n) is 8.81. The Morgan fingerprint density at radius 2 is 2.62 bits per heavy atom. The van der Waals surface area contributed by atoms with Gasteiger partial charge in [0.05, 0.1) is 18.7 Å². The van der Waals surface area contributed by atoms with Gasteiger partial charge < -0.3 is 15.2 Å². The fourth-order valence-corrected chi connectivity index (χ4v) is 2.32. The minimum Gasteiger partial charge on any atom is -0.481 e. The SMILES string of the molecule is O=C(O)Cc1csc(NCC2CCOC2)n1. The lowest BCUT2D eigenvalue weighted by Gasteiger charge is -2.07.